The van der Waals surface area contributed by atoms with Crippen LogP contribution in [-0.4, -0.2) is 11.9 Å². The van der Waals surface area contributed by atoms with E-state index in [9.17, 15) is 9.59 Å². The first-order valence-electron chi connectivity index (χ1n) is 3.74. The van der Waals surface area contributed by atoms with Crippen molar-refractivity contribution in [3.63, 3.8) is 0 Å². The van der Waals surface area contributed by atoms with E-state index in [0.29, 0.717) is 0 Å². The van der Waals surface area contributed by atoms with Gasteiger partial charge in [0.05, 0.1) is 0 Å². The third kappa shape index (κ3) is 1.71. The number of rotatable bonds is 1. The van der Waals surface area contributed by atoms with E-state index in [1.807, 2.05) is 11.4 Å². The molecule has 14 heavy (non-hydrogen) atoms. The summed E-state index contributed by atoms with van der Waals surface area (Å²) >= 11 is 4.82. The third-order valence-corrected chi connectivity index (χ3v) is 3.46. The molecule has 1 saturated heterocycles. The van der Waals surface area contributed by atoms with Crippen molar-refractivity contribution in [3.05, 3.63) is 26.5 Å². The molecule has 0 bridgehead atoms. The van der Waals surface area contributed by atoms with Gasteiger partial charge in [-0.15, -0.1) is 11.3 Å². The van der Waals surface area contributed by atoms with Crippen molar-refractivity contribution >= 4 is 45.3 Å². The number of hydrogen-bond donors (Lipinski definition) is 2. The Bertz CT molecular complexity index is 438. The van der Waals surface area contributed by atoms with E-state index in [0.717, 1.165) is 9.35 Å². The van der Waals surface area contributed by atoms with E-state index in [1.165, 1.54) is 11.3 Å². The van der Waals surface area contributed by atoms with E-state index in [2.05, 4.69) is 26.6 Å². The topological polar surface area (TPSA) is 58.2 Å². The highest BCUT2D eigenvalue weighted by Gasteiger charge is 2.23. The van der Waals surface area contributed by atoms with E-state index >= 15 is 0 Å². The normalized spacial score (nSPS) is 18.5. The zero-order chi connectivity index (χ0) is 10.1. The maximum absolute atomic E-state index is 11.1. The summed E-state index contributed by atoms with van der Waals surface area (Å²) in [6.07, 6.45) is 1.63. The monoisotopic (exact) mass is 272 g/mol. The predicted octanol–water partition coefficient (Wildman–Crippen LogP) is 1.69. The lowest BCUT2D eigenvalue weighted by Crippen LogP contribution is -2.22. The van der Waals surface area contributed by atoms with Crippen LogP contribution in [0.2, 0.25) is 0 Å². The van der Waals surface area contributed by atoms with Crippen LogP contribution in [0.5, 0.6) is 0 Å². The molecule has 0 unspecified atom stereocenters. The minimum atomic E-state index is -0.478. The Morgan fingerprint density at radius 3 is 2.64 bits per heavy atom. The van der Waals surface area contributed by atoms with Crippen LogP contribution in [0.1, 0.15) is 4.88 Å². The molecule has 0 spiro atoms. The van der Waals surface area contributed by atoms with Gasteiger partial charge in [0.2, 0.25) is 0 Å². The fourth-order valence-electron chi connectivity index (χ4n) is 1.02. The van der Waals surface area contributed by atoms with Crippen LogP contribution in [0.4, 0.5) is 4.79 Å². The van der Waals surface area contributed by atoms with Crippen LogP contribution in [0.3, 0.4) is 0 Å². The van der Waals surface area contributed by atoms with Crippen LogP contribution in [0, 0.1) is 0 Å². The first kappa shape index (κ1) is 9.42. The summed E-state index contributed by atoms with van der Waals surface area (Å²) in [5.74, 6) is -0.393. The quantitative estimate of drug-likeness (QED) is 0.604. The van der Waals surface area contributed by atoms with Gasteiger partial charge in [-0.05, 0) is 33.5 Å². The number of urea groups is 1. The van der Waals surface area contributed by atoms with Crippen LogP contribution in [0.15, 0.2) is 21.6 Å². The second-order valence-corrected chi connectivity index (χ2v) is 4.40. The van der Waals surface area contributed by atoms with Crippen molar-refractivity contribution < 1.29 is 9.59 Å². The van der Waals surface area contributed by atoms with Crippen molar-refractivity contribution in [2.45, 2.75) is 0 Å². The molecule has 1 fully saturated rings. The Morgan fingerprint density at radius 2 is 2.14 bits per heavy atom. The summed E-state index contributed by atoms with van der Waals surface area (Å²) in [6, 6.07) is 1.40. The first-order valence-corrected chi connectivity index (χ1v) is 5.41. The van der Waals surface area contributed by atoms with E-state index in [1.54, 1.807) is 6.08 Å². The molecule has 1 aromatic rings. The van der Waals surface area contributed by atoms with Crippen molar-refractivity contribution in [1.29, 1.82) is 0 Å². The predicted molar refractivity (Wildman–Crippen MR) is 56.7 cm³/mol. The Kier molecular flexibility index (Phi) is 2.39. The van der Waals surface area contributed by atoms with E-state index < -0.39 is 11.9 Å². The first-order chi connectivity index (χ1) is 6.66. The number of hydrogen-bond acceptors (Lipinski definition) is 3. The molecule has 1 aliphatic rings. The summed E-state index contributed by atoms with van der Waals surface area (Å²) in [5, 5.41) is 6.44. The van der Waals surface area contributed by atoms with Gasteiger partial charge in [-0.2, -0.15) is 0 Å². The molecule has 72 valence electrons. The van der Waals surface area contributed by atoms with Gasteiger partial charge in [0.15, 0.2) is 0 Å². The number of halogens is 1. The highest BCUT2D eigenvalue weighted by Crippen LogP contribution is 2.25. The zero-order valence-electron chi connectivity index (χ0n) is 6.83. The highest BCUT2D eigenvalue weighted by atomic mass is 79.9. The van der Waals surface area contributed by atoms with Crippen LogP contribution >= 0.6 is 27.3 Å². The molecule has 0 radical (unpaired) electrons. The summed E-state index contributed by atoms with van der Waals surface area (Å²) < 4.78 is 0.906. The standard InChI is InChI=1S/C8H5BrN2O2S/c9-4-1-2-14-6(4)3-5-7(12)11-8(13)10-5/h1-3H,(H2,10,11,12,13)/b5-3-. The van der Waals surface area contributed by atoms with Crippen molar-refractivity contribution in [2.24, 2.45) is 0 Å². The zero-order valence-corrected chi connectivity index (χ0v) is 9.24. The molecule has 1 aliphatic heterocycles. The van der Waals surface area contributed by atoms with Gasteiger partial charge >= 0.3 is 6.03 Å². The molecule has 0 aliphatic carbocycles. The number of carbonyl (C=O) groups is 2. The van der Waals surface area contributed by atoms with Gasteiger partial charge in [-0.1, -0.05) is 0 Å². The molecule has 4 nitrogen and oxygen atoms in total. The summed E-state index contributed by atoms with van der Waals surface area (Å²) in [7, 11) is 0. The van der Waals surface area contributed by atoms with E-state index in [4.69, 9.17) is 0 Å². The molecule has 1 aromatic heterocycles. The smallest absolute Gasteiger partial charge is 0.303 e. The minimum Gasteiger partial charge on any atom is -0.303 e. The minimum absolute atomic E-state index is 0.276. The molecule has 3 amide bonds. The molecule has 0 saturated carbocycles. The van der Waals surface area contributed by atoms with Gasteiger partial charge < -0.3 is 5.32 Å². The Labute approximate surface area is 92.1 Å². The number of carbonyl (C=O) groups excluding carboxylic acids is 2. The highest BCUT2D eigenvalue weighted by molar-refractivity contribution is 9.10. The molecule has 6 heteroatoms. The lowest BCUT2D eigenvalue weighted by atomic mass is 10.3. The lowest BCUT2D eigenvalue weighted by molar-refractivity contribution is -0.115. The number of amides is 3. The largest absolute Gasteiger partial charge is 0.326 e. The second kappa shape index (κ2) is 3.55. The Morgan fingerprint density at radius 1 is 1.36 bits per heavy atom. The number of nitrogens with one attached hydrogen (secondary N) is 2. The summed E-state index contributed by atoms with van der Waals surface area (Å²) in [6.45, 7) is 0. The molecular weight excluding hydrogens is 268 g/mol. The van der Waals surface area contributed by atoms with Crippen LogP contribution in [0.25, 0.3) is 6.08 Å². The molecule has 0 aromatic carbocycles. The van der Waals surface area contributed by atoms with Crippen LogP contribution in [-0.2, 0) is 4.79 Å². The fourth-order valence-corrected chi connectivity index (χ4v) is 2.44. The molecule has 2 rings (SSSR count). The molecule has 2 N–H and O–H groups in total. The average molecular weight is 273 g/mol. The van der Waals surface area contributed by atoms with Gasteiger partial charge in [-0.25, -0.2) is 4.79 Å². The second-order valence-electron chi connectivity index (χ2n) is 2.60. The molecular formula is C8H5BrN2O2S. The molecule has 0 atom stereocenters. The maximum atomic E-state index is 11.1. The average Bonchev–Trinajstić information content (AvgIpc) is 2.62. The maximum Gasteiger partial charge on any atom is 0.326 e. The van der Waals surface area contributed by atoms with Crippen molar-refractivity contribution in [3.8, 4) is 0 Å². The number of thiophene rings is 1. The summed E-state index contributed by atoms with van der Waals surface area (Å²) in [4.78, 5) is 22.8. The Hall–Kier alpha value is -1.14. The lowest BCUT2D eigenvalue weighted by Gasteiger charge is -1.92. The van der Waals surface area contributed by atoms with E-state index in [-0.39, 0.29) is 5.70 Å². The van der Waals surface area contributed by atoms with Gasteiger partial charge in [0.25, 0.3) is 5.91 Å². The fraction of sp³-hybridized carbons (Fsp3) is 0. The van der Waals surface area contributed by atoms with Gasteiger partial charge in [-0.3, -0.25) is 10.1 Å². The third-order valence-electron chi connectivity index (χ3n) is 1.64. The number of imide groups is 1. The van der Waals surface area contributed by atoms with Crippen LogP contribution < -0.4 is 10.6 Å². The summed E-state index contributed by atoms with van der Waals surface area (Å²) in [5.41, 5.74) is 0.276. The Balaban J connectivity index is 2.32. The van der Waals surface area contributed by atoms with Crippen molar-refractivity contribution in [2.75, 3.05) is 0 Å². The van der Waals surface area contributed by atoms with Gasteiger partial charge in [0, 0.05) is 9.35 Å². The molecule has 2 heterocycles. The SMILES string of the molecule is O=C1NC(=O)/C(=C/c2sccc2Br)N1. The van der Waals surface area contributed by atoms with Gasteiger partial charge in [0.1, 0.15) is 5.70 Å². The van der Waals surface area contributed by atoms with Crippen molar-refractivity contribution in [1.82, 2.24) is 10.6 Å².